The zero-order valence-corrected chi connectivity index (χ0v) is 25.3. The molecule has 1 N–H and O–H groups in total. The molecule has 1 saturated carbocycles. The molecule has 240 valence electrons. The number of carbonyl (C=O) groups excluding carboxylic acids is 1. The minimum Gasteiger partial charge on any atom is -0.473 e. The number of fused-ring (bicyclic) bond motifs is 3. The Hall–Kier alpha value is -3.73. The highest BCUT2D eigenvalue weighted by Crippen LogP contribution is 2.62. The van der Waals surface area contributed by atoms with Gasteiger partial charge in [-0.3, -0.25) is 4.79 Å². The van der Waals surface area contributed by atoms with E-state index in [-0.39, 0.29) is 46.6 Å². The Morgan fingerprint density at radius 2 is 1.78 bits per heavy atom. The molecule has 2 aliphatic carbocycles. The maximum Gasteiger partial charge on any atom is 0.417 e. The molecule has 0 amide bonds. The topological polar surface area (TPSA) is 71.9 Å². The van der Waals surface area contributed by atoms with E-state index in [9.17, 15) is 27.5 Å². The second-order valence-corrected chi connectivity index (χ2v) is 12.7. The third-order valence-corrected chi connectivity index (χ3v) is 9.51. The number of pyridine rings is 1. The smallest absolute Gasteiger partial charge is 0.417 e. The maximum atomic E-state index is 15.5. The standard InChI is InChI=1S/C34H35F5N2O4/c1-4-44-32(42)31-24-11-18-13-29(40-16-25(18)30(24)31)45-17-19-12-23(26(15-27(19)35)34(37,38)39)22-6-5-21(14-28(22)36)41-9-7-20(8-10-41)33(2,3)43/h5-6,12-16,20,24,30-31,43H,4,7-11,17H2,1-3H3. The van der Waals surface area contributed by atoms with Gasteiger partial charge in [0.1, 0.15) is 18.2 Å². The third-order valence-electron chi connectivity index (χ3n) is 9.51. The third kappa shape index (κ3) is 6.11. The van der Waals surface area contributed by atoms with Crippen molar-refractivity contribution in [2.24, 2.45) is 17.8 Å². The molecule has 6 nitrogen and oxygen atoms in total. The monoisotopic (exact) mass is 630 g/mol. The van der Waals surface area contributed by atoms with Gasteiger partial charge in [0.25, 0.3) is 0 Å². The number of halogens is 5. The molecule has 2 aromatic carbocycles. The molecule has 11 heteroatoms. The van der Waals surface area contributed by atoms with Crippen LogP contribution >= 0.6 is 0 Å². The Balaban J connectivity index is 1.20. The molecular formula is C34H35F5N2O4. The van der Waals surface area contributed by atoms with E-state index in [0.717, 1.165) is 17.2 Å². The average Bonchev–Trinajstić information content (AvgIpc) is 3.57. The lowest BCUT2D eigenvalue weighted by molar-refractivity contribution is -0.145. The van der Waals surface area contributed by atoms with E-state index in [2.05, 4.69) is 4.98 Å². The summed E-state index contributed by atoms with van der Waals surface area (Å²) in [6, 6.07) is 7.12. The van der Waals surface area contributed by atoms with Crippen molar-refractivity contribution in [1.82, 2.24) is 4.98 Å². The van der Waals surface area contributed by atoms with Gasteiger partial charge in [0.05, 0.1) is 23.7 Å². The average molecular weight is 631 g/mol. The zero-order chi connectivity index (χ0) is 32.3. The Bertz CT molecular complexity index is 1610. The quantitative estimate of drug-likeness (QED) is 0.212. The number of hydrogen-bond acceptors (Lipinski definition) is 6. The molecule has 3 atom stereocenters. The van der Waals surface area contributed by atoms with Gasteiger partial charge in [-0.25, -0.2) is 13.8 Å². The number of aliphatic hydroxyl groups is 1. The summed E-state index contributed by atoms with van der Waals surface area (Å²) in [6.45, 7) is 6.32. The lowest BCUT2D eigenvalue weighted by Crippen LogP contribution is -2.41. The lowest BCUT2D eigenvalue weighted by Gasteiger charge is -2.38. The van der Waals surface area contributed by atoms with Gasteiger partial charge in [0.15, 0.2) is 0 Å². The first kappa shape index (κ1) is 31.3. The van der Waals surface area contributed by atoms with E-state index in [1.54, 1.807) is 39.1 Å². The molecule has 6 rings (SSSR count). The summed E-state index contributed by atoms with van der Waals surface area (Å²) in [5, 5.41) is 10.3. The van der Waals surface area contributed by atoms with Gasteiger partial charge in [-0.05, 0) is 98.9 Å². The summed E-state index contributed by atoms with van der Waals surface area (Å²) in [5.74, 6) is -1.92. The fraction of sp³-hybridized carbons (Fsp3) is 0.471. The van der Waals surface area contributed by atoms with E-state index in [4.69, 9.17) is 9.47 Å². The highest BCUT2D eigenvalue weighted by atomic mass is 19.4. The van der Waals surface area contributed by atoms with E-state index in [1.165, 1.54) is 12.1 Å². The SMILES string of the molecule is CCOC(=O)C1C2Cc3cc(OCc4cc(-c5ccc(N6CCC(C(C)(C)O)CC6)cc5F)c(C(F)(F)F)cc4F)ncc3C21. The van der Waals surface area contributed by atoms with Crippen molar-refractivity contribution in [1.29, 1.82) is 0 Å². The minimum atomic E-state index is -4.93. The normalized spacial score (nSPS) is 21.4. The van der Waals surface area contributed by atoms with Crippen LogP contribution in [-0.2, 0) is 28.7 Å². The van der Waals surface area contributed by atoms with Gasteiger partial charge in [-0.15, -0.1) is 0 Å². The number of nitrogens with zero attached hydrogens (tertiary/aromatic N) is 2. The van der Waals surface area contributed by atoms with Crippen molar-refractivity contribution in [3.63, 3.8) is 0 Å². The molecule has 3 aliphatic rings. The van der Waals surface area contributed by atoms with Crippen LogP contribution in [-0.4, -0.2) is 41.4 Å². The first-order chi connectivity index (χ1) is 21.3. The predicted octanol–water partition coefficient (Wildman–Crippen LogP) is 7.06. The predicted molar refractivity (Wildman–Crippen MR) is 157 cm³/mol. The summed E-state index contributed by atoms with van der Waals surface area (Å²) >= 11 is 0. The molecule has 1 aromatic heterocycles. The fourth-order valence-corrected chi connectivity index (χ4v) is 7.01. The molecule has 1 aliphatic heterocycles. The Kier molecular flexibility index (Phi) is 8.04. The number of alkyl halides is 3. The summed E-state index contributed by atoms with van der Waals surface area (Å²) in [5.41, 5.74) is -0.660. The summed E-state index contributed by atoms with van der Waals surface area (Å²) < 4.78 is 83.4. The number of benzene rings is 2. The van der Waals surface area contributed by atoms with Crippen molar-refractivity contribution >= 4 is 11.7 Å². The van der Waals surface area contributed by atoms with Gasteiger partial charge in [-0.2, -0.15) is 13.2 Å². The highest BCUT2D eigenvalue weighted by molar-refractivity contribution is 5.79. The highest BCUT2D eigenvalue weighted by Gasteiger charge is 2.60. The van der Waals surface area contributed by atoms with Crippen molar-refractivity contribution < 1.29 is 41.3 Å². The number of ether oxygens (including phenoxy) is 2. The summed E-state index contributed by atoms with van der Waals surface area (Å²) in [6.07, 6.45) is -1.27. The van der Waals surface area contributed by atoms with Crippen LogP contribution < -0.4 is 9.64 Å². The van der Waals surface area contributed by atoms with Gasteiger partial charge in [-0.1, -0.05) is 0 Å². The van der Waals surface area contributed by atoms with Gasteiger partial charge in [0.2, 0.25) is 5.88 Å². The Morgan fingerprint density at radius 3 is 2.42 bits per heavy atom. The van der Waals surface area contributed by atoms with Crippen LogP contribution in [0.3, 0.4) is 0 Å². The van der Waals surface area contributed by atoms with Crippen LogP contribution in [0.4, 0.5) is 27.6 Å². The first-order valence-electron chi connectivity index (χ1n) is 15.2. The number of anilines is 1. The number of piperidine rings is 1. The lowest BCUT2D eigenvalue weighted by atomic mass is 9.83. The largest absolute Gasteiger partial charge is 0.473 e. The Labute approximate surface area is 258 Å². The second-order valence-electron chi connectivity index (χ2n) is 12.7. The molecule has 0 bridgehead atoms. The van der Waals surface area contributed by atoms with Crippen LogP contribution in [0.15, 0.2) is 42.6 Å². The summed E-state index contributed by atoms with van der Waals surface area (Å²) in [7, 11) is 0. The molecule has 1 saturated heterocycles. The number of hydrogen-bond donors (Lipinski definition) is 1. The molecule has 0 radical (unpaired) electrons. The molecule has 45 heavy (non-hydrogen) atoms. The molecule has 2 heterocycles. The van der Waals surface area contributed by atoms with Crippen LogP contribution in [0.2, 0.25) is 0 Å². The summed E-state index contributed by atoms with van der Waals surface area (Å²) in [4.78, 5) is 18.4. The maximum absolute atomic E-state index is 15.5. The van der Waals surface area contributed by atoms with Crippen molar-refractivity contribution in [3.05, 3.63) is 76.5 Å². The second kappa shape index (κ2) is 11.6. The van der Waals surface area contributed by atoms with E-state index in [1.807, 2.05) is 4.90 Å². The first-order valence-corrected chi connectivity index (χ1v) is 15.2. The van der Waals surface area contributed by atoms with E-state index < -0.39 is 41.1 Å². The van der Waals surface area contributed by atoms with Crippen LogP contribution in [0.1, 0.15) is 61.8 Å². The minimum absolute atomic E-state index is 0.0521. The van der Waals surface area contributed by atoms with Crippen molar-refractivity contribution in [3.8, 4) is 17.0 Å². The number of aromatic nitrogens is 1. The van der Waals surface area contributed by atoms with Crippen LogP contribution in [0.5, 0.6) is 5.88 Å². The van der Waals surface area contributed by atoms with Gasteiger partial charge in [0, 0.05) is 48.1 Å². The number of rotatable bonds is 8. The molecular weight excluding hydrogens is 595 g/mol. The van der Waals surface area contributed by atoms with Crippen LogP contribution in [0.25, 0.3) is 11.1 Å². The molecule has 3 aromatic rings. The van der Waals surface area contributed by atoms with Gasteiger partial charge >= 0.3 is 12.1 Å². The van der Waals surface area contributed by atoms with Crippen LogP contribution in [0, 0.1) is 29.4 Å². The molecule has 3 unspecified atom stereocenters. The van der Waals surface area contributed by atoms with E-state index >= 15 is 4.39 Å². The zero-order valence-electron chi connectivity index (χ0n) is 25.3. The molecule has 0 spiro atoms. The van der Waals surface area contributed by atoms with Gasteiger partial charge < -0.3 is 19.5 Å². The fourth-order valence-electron chi connectivity index (χ4n) is 7.01. The van der Waals surface area contributed by atoms with Crippen molar-refractivity contribution in [2.75, 3.05) is 24.6 Å². The van der Waals surface area contributed by atoms with Crippen molar-refractivity contribution in [2.45, 2.75) is 64.3 Å². The van der Waals surface area contributed by atoms with E-state index in [0.29, 0.717) is 50.7 Å². The number of esters is 1. The number of carbonyl (C=O) groups is 1. The molecule has 2 fully saturated rings. The Morgan fingerprint density at radius 1 is 1.04 bits per heavy atom.